The van der Waals surface area contributed by atoms with Crippen molar-refractivity contribution in [1.82, 2.24) is 25.5 Å². The molecular weight excluding hydrogens is 490 g/mol. The molecule has 39 heavy (non-hydrogen) atoms. The van der Waals surface area contributed by atoms with Gasteiger partial charge in [-0.1, -0.05) is 106 Å². The molecule has 0 aliphatic heterocycles. The van der Waals surface area contributed by atoms with Crippen LogP contribution in [0.3, 0.4) is 0 Å². The van der Waals surface area contributed by atoms with Gasteiger partial charge in [0, 0.05) is 18.8 Å². The predicted molar refractivity (Wildman–Crippen MR) is 149 cm³/mol. The van der Waals surface area contributed by atoms with Gasteiger partial charge in [0.1, 0.15) is 12.6 Å². The zero-order valence-electron chi connectivity index (χ0n) is 22.7. The number of nitrogens with zero attached hydrogens (tertiary/aromatic N) is 5. The minimum Gasteiger partial charge on any atom is -0.459 e. The van der Waals surface area contributed by atoms with Gasteiger partial charge < -0.3 is 14.7 Å². The van der Waals surface area contributed by atoms with E-state index in [1.807, 2.05) is 92.7 Å². The molecule has 1 heterocycles. The molecule has 0 bridgehead atoms. The lowest BCUT2D eigenvalue weighted by Crippen LogP contribution is -2.48. The van der Waals surface area contributed by atoms with Crippen LogP contribution in [0, 0.1) is 5.92 Å². The van der Waals surface area contributed by atoms with Crippen molar-refractivity contribution in [2.24, 2.45) is 5.92 Å². The first kappa shape index (κ1) is 27.7. The maximum Gasteiger partial charge on any atom is 0.329 e. The van der Waals surface area contributed by atoms with E-state index in [4.69, 9.17) is 4.74 Å². The second-order valence-corrected chi connectivity index (χ2v) is 9.85. The third-order valence-corrected chi connectivity index (χ3v) is 6.60. The molecule has 4 rings (SSSR count). The van der Waals surface area contributed by atoms with E-state index >= 15 is 0 Å². The first-order valence-corrected chi connectivity index (χ1v) is 13.4. The lowest BCUT2D eigenvalue weighted by Gasteiger charge is -2.33. The van der Waals surface area contributed by atoms with Crippen LogP contribution in [0.4, 0.5) is 0 Å². The second-order valence-electron chi connectivity index (χ2n) is 9.85. The molecule has 0 radical (unpaired) electrons. The maximum atomic E-state index is 13.4. The number of carbonyl (C=O) groups is 2. The Morgan fingerprint density at radius 2 is 1.59 bits per heavy atom. The summed E-state index contributed by atoms with van der Waals surface area (Å²) in [4.78, 5) is 28.4. The highest BCUT2D eigenvalue weighted by molar-refractivity contribution is 5.85. The van der Waals surface area contributed by atoms with Crippen molar-refractivity contribution in [3.63, 3.8) is 0 Å². The molecule has 8 nitrogen and oxygen atoms in total. The van der Waals surface area contributed by atoms with Crippen molar-refractivity contribution in [2.45, 2.75) is 59.2 Å². The molecule has 1 amide bonds. The van der Waals surface area contributed by atoms with Crippen molar-refractivity contribution in [2.75, 3.05) is 0 Å². The summed E-state index contributed by atoms with van der Waals surface area (Å²) in [5.41, 5.74) is 4.61. The van der Waals surface area contributed by atoms with E-state index in [1.54, 1.807) is 4.90 Å². The van der Waals surface area contributed by atoms with Gasteiger partial charge in [-0.2, -0.15) is 5.21 Å². The SMILES string of the molecule is CCCCC(=O)N(Cc1ccc(-c2ccccc2-c2nnn[n-]2)cc1)[C@H](C(=O)OCc1ccccc1)C(C)C. The third kappa shape index (κ3) is 7.16. The molecule has 202 valence electrons. The van der Waals surface area contributed by atoms with E-state index in [0.29, 0.717) is 18.8 Å². The first-order chi connectivity index (χ1) is 19.0. The van der Waals surface area contributed by atoms with Gasteiger partial charge in [-0.05, 0) is 40.2 Å². The van der Waals surface area contributed by atoms with Crippen LogP contribution in [0.15, 0.2) is 78.9 Å². The molecule has 8 heteroatoms. The van der Waals surface area contributed by atoms with E-state index in [0.717, 1.165) is 40.7 Å². The number of carbonyl (C=O) groups excluding carboxylic acids is 2. The van der Waals surface area contributed by atoms with Crippen LogP contribution >= 0.6 is 0 Å². The monoisotopic (exact) mass is 524 g/mol. The number of amides is 1. The van der Waals surface area contributed by atoms with Gasteiger partial charge >= 0.3 is 5.97 Å². The van der Waals surface area contributed by atoms with Gasteiger partial charge in [0.25, 0.3) is 0 Å². The number of hydrogen-bond donors (Lipinski definition) is 0. The fraction of sp³-hybridized carbons (Fsp3) is 0.323. The molecular formula is C31H34N5O3-. The van der Waals surface area contributed by atoms with E-state index < -0.39 is 6.04 Å². The normalized spacial score (nSPS) is 11.8. The summed E-state index contributed by atoms with van der Waals surface area (Å²) in [6, 6.07) is 24.7. The quantitative estimate of drug-likeness (QED) is 0.227. The Balaban J connectivity index is 1.56. The number of unbranched alkanes of at least 4 members (excludes halogenated alkanes) is 1. The molecule has 0 saturated heterocycles. The Morgan fingerprint density at radius 3 is 2.23 bits per heavy atom. The van der Waals surface area contributed by atoms with Crippen LogP contribution in [0.25, 0.3) is 22.5 Å². The molecule has 0 unspecified atom stereocenters. The van der Waals surface area contributed by atoms with E-state index in [-0.39, 0.29) is 24.4 Å². The van der Waals surface area contributed by atoms with Gasteiger partial charge in [-0.15, -0.1) is 0 Å². The summed E-state index contributed by atoms with van der Waals surface area (Å²) in [6.07, 6.45) is 2.05. The average Bonchev–Trinajstić information content (AvgIpc) is 3.50. The number of tetrazole rings is 1. The minimum absolute atomic E-state index is 0.0463. The Kier molecular flexibility index (Phi) is 9.56. The molecule has 0 spiro atoms. The fourth-order valence-electron chi connectivity index (χ4n) is 4.56. The smallest absolute Gasteiger partial charge is 0.329 e. The number of ether oxygens (including phenoxy) is 1. The Bertz CT molecular complexity index is 1340. The fourth-order valence-corrected chi connectivity index (χ4v) is 4.56. The highest BCUT2D eigenvalue weighted by Gasteiger charge is 2.33. The Morgan fingerprint density at radius 1 is 0.897 bits per heavy atom. The van der Waals surface area contributed by atoms with Gasteiger partial charge in [-0.3, -0.25) is 15.1 Å². The van der Waals surface area contributed by atoms with Gasteiger partial charge in [0.2, 0.25) is 5.91 Å². The highest BCUT2D eigenvalue weighted by atomic mass is 16.5. The molecule has 1 atom stereocenters. The molecule has 0 aliphatic rings. The van der Waals surface area contributed by atoms with Gasteiger partial charge in [-0.25, -0.2) is 4.79 Å². The summed E-state index contributed by atoms with van der Waals surface area (Å²) in [5, 5.41) is 15.2. The number of aromatic nitrogens is 4. The van der Waals surface area contributed by atoms with Crippen molar-refractivity contribution in [3.8, 4) is 22.5 Å². The van der Waals surface area contributed by atoms with E-state index in [1.165, 1.54) is 0 Å². The van der Waals surface area contributed by atoms with Gasteiger partial charge in [0.15, 0.2) is 0 Å². The Hall–Kier alpha value is -4.33. The first-order valence-electron chi connectivity index (χ1n) is 13.4. The van der Waals surface area contributed by atoms with Crippen LogP contribution in [0.2, 0.25) is 0 Å². The number of rotatable bonds is 12. The van der Waals surface area contributed by atoms with E-state index in [2.05, 4.69) is 27.5 Å². The highest BCUT2D eigenvalue weighted by Crippen LogP contribution is 2.30. The second kappa shape index (κ2) is 13.5. The average molecular weight is 525 g/mol. The molecule has 0 saturated carbocycles. The molecule has 1 aromatic heterocycles. The summed E-state index contributed by atoms with van der Waals surface area (Å²) in [6.45, 7) is 6.43. The zero-order chi connectivity index (χ0) is 27.6. The van der Waals surface area contributed by atoms with Crippen molar-refractivity contribution in [1.29, 1.82) is 0 Å². The van der Waals surface area contributed by atoms with Crippen LogP contribution < -0.4 is 5.10 Å². The molecule has 0 aliphatic carbocycles. The molecule has 4 aromatic rings. The van der Waals surface area contributed by atoms with Crippen LogP contribution in [0.5, 0.6) is 0 Å². The topological polar surface area (TPSA) is 99.4 Å². The molecule has 0 N–H and O–H groups in total. The number of esters is 1. The van der Waals surface area contributed by atoms with Crippen molar-refractivity contribution in [3.05, 3.63) is 90.0 Å². The van der Waals surface area contributed by atoms with Gasteiger partial charge in [0.05, 0.1) is 0 Å². The summed E-state index contributed by atoms with van der Waals surface area (Å²) in [7, 11) is 0. The lowest BCUT2D eigenvalue weighted by molar-refractivity contribution is -0.159. The predicted octanol–water partition coefficient (Wildman–Crippen LogP) is 5.45. The van der Waals surface area contributed by atoms with E-state index in [9.17, 15) is 9.59 Å². The minimum atomic E-state index is -0.687. The molecule has 0 fully saturated rings. The summed E-state index contributed by atoms with van der Waals surface area (Å²) < 4.78 is 5.70. The summed E-state index contributed by atoms with van der Waals surface area (Å²) >= 11 is 0. The van der Waals surface area contributed by atoms with Crippen molar-refractivity contribution >= 4 is 11.9 Å². The van der Waals surface area contributed by atoms with Crippen LogP contribution in [-0.4, -0.2) is 38.3 Å². The molecule has 3 aromatic carbocycles. The Labute approximate surface area is 229 Å². The van der Waals surface area contributed by atoms with Crippen molar-refractivity contribution < 1.29 is 14.3 Å². The van der Waals surface area contributed by atoms with Crippen LogP contribution in [0.1, 0.15) is 51.2 Å². The number of benzene rings is 3. The zero-order valence-corrected chi connectivity index (χ0v) is 22.7. The standard InChI is InChI=1S/C31H34N5O3/c1-4-5-15-28(37)36(29(22(2)3)31(38)39-21-24-11-7-6-8-12-24)20-23-16-18-25(19-17-23)26-13-9-10-14-27(26)30-32-34-35-33-30/h6-14,16-19,22,29H,4-5,15,20-21H2,1-3H3/q-1/t29-/m0/s1. The largest absolute Gasteiger partial charge is 0.459 e. The van der Waals surface area contributed by atoms with Crippen LogP contribution in [-0.2, 0) is 27.5 Å². The third-order valence-electron chi connectivity index (χ3n) is 6.60. The number of hydrogen-bond acceptors (Lipinski definition) is 6. The lowest BCUT2D eigenvalue weighted by atomic mass is 9.97. The maximum absolute atomic E-state index is 13.4. The summed E-state index contributed by atoms with van der Waals surface area (Å²) in [5.74, 6) is -0.0796.